The normalized spacial score (nSPS) is 13.9. The van der Waals surface area contributed by atoms with Gasteiger partial charge in [-0.1, -0.05) is 24.3 Å². The van der Waals surface area contributed by atoms with Gasteiger partial charge >= 0.3 is 0 Å². The summed E-state index contributed by atoms with van der Waals surface area (Å²) >= 11 is 0. The van der Waals surface area contributed by atoms with Gasteiger partial charge in [-0.05, 0) is 42.3 Å². The molecule has 1 aliphatic rings. The third-order valence-corrected chi connectivity index (χ3v) is 5.12. The highest BCUT2D eigenvalue weighted by atomic mass is 16.5. The maximum Gasteiger partial charge on any atom is 0.242 e. The van der Waals surface area contributed by atoms with Crippen molar-refractivity contribution < 1.29 is 14.3 Å². The van der Waals surface area contributed by atoms with Crippen LogP contribution in [0.4, 0.5) is 5.69 Å². The third-order valence-electron chi connectivity index (χ3n) is 5.12. The fraction of sp³-hybridized carbons (Fsp3) is 0.364. The Morgan fingerprint density at radius 2 is 1.68 bits per heavy atom. The number of carbonyl (C=O) groups excluding carboxylic acids is 2. The van der Waals surface area contributed by atoms with Crippen LogP contribution in [0.2, 0.25) is 0 Å². The van der Waals surface area contributed by atoms with Gasteiger partial charge in [0.2, 0.25) is 11.8 Å². The van der Waals surface area contributed by atoms with E-state index >= 15 is 0 Å². The van der Waals surface area contributed by atoms with E-state index in [0.29, 0.717) is 19.5 Å². The van der Waals surface area contributed by atoms with Crippen molar-refractivity contribution in [2.24, 2.45) is 0 Å². The summed E-state index contributed by atoms with van der Waals surface area (Å²) in [7, 11) is 1.65. The number of benzene rings is 2. The number of amides is 2. The molecule has 3 rings (SSSR count). The summed E-state index contributed by atoms with van der Waals surface area (Å²) in [5, 5.41) is 2.75. The molecule has 2 amide bonds. The second-order valence-corrected chi connectivity index (χ2v) is 6.95. The monoisotopic (exact) mass is 381 g/mol. The van der Waals surface area contributed by atoms with Crippen molar-refractivity contribution in [1.82, 2.24) is 10.2 Å². The third kappa shape index (κ3) is 5.03. The molecule has 0 bridgehead atoms. The van der Waals surface area contributed by atoms with Gasteiger partial charge in [-0.25, -0.2) is 0 Å². The molecule has 6 nitrogen and oxygen atoms in total. The van der Waals surface area contributed by atoms with Crippen LogP contribution in [0.3, 0.4) is 0 Å². The van der Waals surface area contributed by atoms with Gasteiger partial charge in [0.05, 0.1) is 20.1 Å². The largest absolute Gasteiger partial charge is 0.497 e. The van der Waals surface area contributed by atoms with E-state index in [1.54, 1.807) is 7.11 Å². The molecule has 2 aromatic rings. The van der Waals surface area contributed by atoms with Crippen LogP contribution in [0, 0.1) is 6.92 Å². The lowest BCUT2D eigenvalue weighted by Crippen LogP contribution is -2.51. The van der Waals surface area contributed by atoms with Crippen LogP contribution < -0.4 is 15.0 Å². The first-order valence-corrected chi connectivity index (χ1v) is 9.55. The topological polar surface area (TPSA) is 61.9 Å². The molecule has 0 aliphatic carbocycles. The maximum absolute atomic E-state index is 12.4. The lowest BCUT2D eigenvalue weighted by molar-refractivity contribution is -0.133. The van der Waals surface area contributed by atoms with Gasteiger partial charge in [-0.15, -0.1) is 0 Å². The Hall–Kier alpha value is -3.02. The van der Waals surface area contributed by atoms with E-state index in [4.69, 9.17) is 4.74 Å². The highest BCUT2D eigenvalue weighted by Gasteiger charge is 2.21. The zero-order valence-electron chi connectivity index (χ0n) is 16.5. The highest BCUT2D eigenvalue weighted by molar-refractivity contribution is 5.86. The molecule has 0 saturated carbocycles. The van der Waals surface area contributed by atoms with Gasteiger partial charge in [0.25, 0.3) is 0 Å². The van der Waals surface area contributed by atoms with Gasteiger partial charge in [-0.3, -0.25) is 9.59 Å². The Bertz CT molecular complexity index is 812. The molecule has 0 unspecified atom stereocenters. The Kier molecular flexibility index (Phi) is 6.53. The van der Waals surface area contributed by atoms with E-state index in [1.807, 2.05) is 60.4 Å². The number of carbonyl (C=O) groups is 2. The second kappa shape index (κ2) is 9.26. The molecule has 0 atom stereocenters. The first-order chi connectivity index (χ1) is 13.6. The molecule has 1 N–H and O–H groups in total. The molecule has 148 valence electrons. The quantitative estimate of drug-likeness (QED) is 0.832. The van der Waals surface area contributed by atoms with Gasteiger partial charge in [-0.2, -0.15) is 0 Å². The van der Waals surface area contributed by atoms with Crippen molar-refractivity contribution >= 4 is 17.5 Å². The number of ether oxygens (including phenoxy) is 1. The van der Waals surface area contributed by atoms with Crippen molar-refractivity contribution in [3.05, 3.63) is 59.7 Å². The summed E-state index contributed by atoms with van der Waals surface area (Å²) in [6.45, 7) is 4.88. The van der Waals surface area contributed by atoms with E-state index in [2.05, 4.69) is 10.2 Å². The molecule has 1 aliphatic heterocycles. The highest BCUT2D eigenvalue weighted by Crippen LogP contribution is 2.20. The van der Waals surface area contributed by atoms with E-state index in [0.717, 1.165) is 35.7 Å². The summed E-state index contributed by atoms with van der Waals surface area (Å²) in [6, 6.07) is 15.7. The molecule has 2 aromatic carbocycles. The molecule has 1 saturated heterocycles. The number of aryl methyl sites for hydroxylation is 1. The Morgan fingerprint density at radius 3 is 2.32 bits per heavy atom. The van der Waals surface area contributed by atoms with Crippen molar-refractivity contribution in [3.63, 3.8) is 0 Å². The summed E-state index contributed by atoms with van der Waals surface area (Å²) in [5.41, 5.74) is 3.19. The van der Waals surface area contributed by atoms with Gasteiger partial charge in [0.1, 0.15) is 5.75 Å². The van der Waals surface area contributed by atoms with Gasteiger partial charge in [0, 0.05) is 31.9 Å². The molecule has 6 heteroatoms. The minimum Gasteiger partial charge on any atom is -0.497 e. The first kappa shape index (κ1) is 19.7. The number of nitrogens with zero attached hydrogens (tertiary/aromatic N) is 2. The number of nitrogens with one attached hydrogen (secondary N) is 1. The van der Waals surface area contributed by atoms with Crippen LogP contribution in [0.1, 0.15) is 11.1 Å². The Balaban J connectivity index is 1.43. The van der Waals surface area contributed by atoms with Crippen molar-refractivity contribution in [2.75, 3.05) is 44.7 Å². The smallest absolute Gasteiger partial charge is 0.242 e. The summed E-state index contributed by atoms with van der Waals surface area (Å²) < 4.78 is 5.19. The van der Waals surface area contributed by atoms with Gasteiger partial charge in [0.15, 0.2) is 0 Å². The second-order valence-electron chi connectivity index (χ2n) is 6.95. The van der Waals surface area contributed by atoms with Crippen molar-refractivity contribution in [3.8, 4) is 5.75 Å². The zero-order chi connectivity index (χ0) is 19.9. The molecule has 28 heavy (non-hydrogen) atoms. The number of hydrogen-bond donors (Lipinski definition) is 1. The fourth-order valence-electron chi connectivity index (χ4n) is 3.34. The van der Waals surface area contributed by atoms with E-state index < -0.39 is 0 Å². The molecule has 0 spiro atoms. The lowest BCUT2D eigenvalue weighted by Gasteiger charge is -2.36. The summed E-state index contributed by atoms with van der Waals surface area (Å²) in [4.78, 5) is 28.6. The van der Waals surface area contributed by atoms with Crippen molar-refractivity contribution in [1.29, 1.82) is 0 Å². The van der Waals surface area contributed by atoms with Crippen LogP contribution in [-0.2, 0) is 16.0 Å². The molecule has 1 heterocycles. The number of piperazine rings is 1. The predicted molar refractivity (Wildman–Crippen MR) is 110 cm³/mol. The van der Waals surface area contributed by atoms with E-state index in [1.165, 1.54) is 0 Å². The van der Waals surface area contributed by atoms with Gasteiger partial charge < -0.3 is 19.9 Å². The van der Waals surface area contributed by atoms with Crippen LogP contribution in [0.15, 0.2) is 48.5 Å². The predicted octanol–water partition coefficient (Wildman–Crippen LogP) is 2.01. The Morgan fingerprint density at radius 1 is 1.00 bits per heavy atom. The van der Waals surface area contributed by atoms with E-state index in [-0.39, 0.29) is 18.4 Å². The molecule has 1 fully saturated rings. The fourth-order valence-corrected chi connectivity index (χ4v) is 3.34. The maximum atomic E-state index is 12.4. The number of rotatable bonds is 6. The average molecular weight is 381 g/mol. The average Bonchev–Trinajstić information content (AvgIpc) is 2.74. The number of anilines is 1. The standard InChI is InChI=1S/C22H27N3O3/c1-17-5-3-4-6-18(17)15-21(26)23-16-22(27)25-13-11-24(12-14-25)19-7-9-20(28-2)10-8-19/h3-10H,11-16H2,1-2H3,(H,23,26). The lowest BCUT2D eigenvalue weighted by atomic mass is 10.1. The summed E-state index contributed by atoms with van der Waals surface area (Å²) in [5.74, 6) is 0.672. The van der Waals surface area contributed by atoms with E-state index in [9.17, 15) is 9.59 Å². The minimum absolute atomic E-state index is 0.0347. The number of hydrogen-bond acceptors (Lipinski definition) is 4. The first-order valence-electron chi connectivity index (χ1n) is 9.55. The summed E-state index contributed by atoms with van der Waals surface area (Å²) in [6.07, 6.45) is 0.297. The Labute approximate surface area is 166 Å². The molecular formula is C22H27N3O3. The SMILES string of the molecule is COc1ccc(N2CCN(C(=O)CNC(=O)Cc3ccccc3C)CC2)cc1. The molecule has 0 radical (unpaired) electrons. The van der Waals surface area contributed by atoms with Crippen LogP contribution in [-0.4, -0.2) is 56.5 Å². The van der Waals surface area contributed by atoms with Crippen LogP contribution in [0.25, 0.3) is 0 Å². The molecular weight excluding hydrogens is 354 g/mol. The minimum atomic E-state index is -0.125. The number of methoxy groups -OCH3 is 1. The van der Waals surface area contributed by atoms with Crippen molar-refractivity contribution in [2.45, 2.75) is 13.3 Å². The van der Waals surface area contributed by atoms with Crippen LogP contribution >= 0.6 is 0 Å². The van der Waals surface area contributed by atoms with Crippen LogP contribution in [0.5, 0.6) is 5.75 Å². The molecule has 0 aromatic heterocycles. The zero-order valence-corrected chi connectivity index (χ0v) is 16.5.